The molecule has 7 rings (SSSR count). The van der Waals surface area contributed by atoms with Gasteiger partial charge in [0.2, 0.25) is 0 Å². The van der Waals surface area contributed by atoms with Crippen LogP contribution in [0.15, 0.2) is 121 Å². The van der Waals surface area contributed by atoms with E-state index in [9.17, 15) is 0 Å². The van der Waals surface area contributed by atoms with Crippen molar-refractivity contribution in [3.63, 3.8) is 0 Å². The van der Waals surface area contributed by atoms with Crippen LogP contribution in [0.2, 0.25) is 0 Å². The van der Waals surface area contributed by atoms with Gasteiger partial charge in [-0.2, -0.15) is 0 Å². The molecule has 0 atom stereocenters. The number of fused-ring (bicyclic) bond motifs is 5. The molecular weight excluding hydrogens is 384 g/mol. The fourth-order valence-electron chi connectivity index (χ4n) is 5.44. The molecule has 1 aliphatic rings. The van der Waals surface area contributed by atoms with Crippen LogP contribution in [0.25, 0.3) is 66.1 Å². The van der Waals surface area contributed by atoms with Crippen LogP contribution >= 0.6 is 0 Å². The summed E-state index contributed by atoms with van der Waals surface area (Å²) in [5.41, 5.74) is 10.5. The van der Waals surface area contributed by atoms with Crippen molar-refractivity contribution in [2.75, 3.05) is 0 Å². The molecule has 0 nitrogen and oxygen atoms in total. The predicted octanol–water partition coefficient (Wildman–Crippen LogP) is 8.97. The third-order valence-corrected chi connectivity index (χ3v) is 6.82. The highest BCUT2D eigenvalue weighted by Crippen LogP contribution is 2.54. The van der Waals surface area contributed by atoms with Crippen LogP contribution in [-0.4, -0.2) is 0 Å². The van der Waals surface area contributed by atoms with Crippen molar-refractivity contribution in [2.24, 2.45) is 0 Å². The molecule has 0 aromatic heterocycles. The zero-order valence-electron chi connectivity index (χ0n) is 17.5. The van der Waals surface area contributed by atoms with Gasteiger partial charge in [-0.25, -0.2) is 0 Å². The second-order valence-electron chi connectivity index (χ2n) is 8.51. The third-order valence-electron chi connectivity index (χ3n) is 6.82. The normalized spacial score (nSPS) is 11.8. The van der Waals surface area contributed by atoms with Gasteiger partial charge in [0, 0.05) is 0 Å². The van der Waals surface area contributed by atoms with E-state index in [1.165, 1.54) is 66.1 Å². The Bertz CT molecular complexity index is 1660. The Hall–Kier alpha value is -4.16. The summed E-state index contributed by atoms with van der Waals surface area (Å²) < 4.78 is 0. The lowest BCUT2D eigenvalue weighted by atomic mass is 9.87. The summed E-state index contributed by atoms with van der Waals surface area (Å²) in [5.74, 6) is 0. The van der Waals surface area contributed by atoms with Crippen LogP contribution in [0.1, 0.15) is 0 Å². The van der Waals surface area contributed by atoms with Crippen LogP contribution in [-0.2, 0) is 0 Å². The summed E-state index contributed by atoms with van der Waals surface area (Å²) >= 11 is 0. The Balaban J connectivity index is 1.64. The van der Waals surface area contributed by atoms with Crippen LogP contribution in [0.3, 0.4) is 0 Å². The van der Waals surface area contributed by atoms with Crippen molar-refractivity contribution in [1.29, 1.82) is 0 Å². The Morgan fingerprint density at radius 3 is 1.81 bits per heavy atom. The summed E-state index contributed by atoms with van der Waals surface area (Å²) in [4.78, 5) is 0. The quantitative estimate of drug-likeness (QED) is 0.270. The van der Waals surface area contributed by atoms with E-state index < -0.39 is 0 Å². The summed E-state index contributed by atoms with van der Waals surface area (Å²) in [6, 6.07) is 44.2. The first-order valence-electron chi connectivity index (χ1n) is 11.1. The highest BCUT2D eigenvalue weighted by Gasteiger charge is 2.26. The van der Waals surface area contributed by atoms with E-state index in [4.69, 9.17) is 0 Å². The molecule has 0 radical (unpaired) electrons. The minimum atomic E-state index is 1.25. The van der Waals surface area contributed by atoms with E-state index in [0.29, 0.717) is 0 Å². The summed E-state index contributed by atoms with van der Waals surface area (Å²) in [7, 11) is 0. The topological polar surface area (TPSA) is 0 Å². The molecule has 0 saturated carbocycles. The van der Waals surface area contributed by atoms with Gasteiger partial charge in [0.25, 0.3) is 0 Å². The van der Waals surface area contributed by atoms with Gasteiger partial charge in [0.15, 0.2) is 0 Å². The maximum atomic E-state index is 2.32. The summed E-state index contributed by atoms with van der Waals surface area (Å²) in [6.45, 7) is 0. The Morgan fingerprint density at radius 1 is 0.312 bits per heavy atom. The van der Waals surface area contributed by atoms with E-state index in [2.05, 4.69) is 121 Å². The fraction of sp³-hybridized carbons (Fsp3) is 0. The van der Waals surface area contributed by atoms with Crippen molar-refractivity contribution in [2.45, 2.75) is 0 Å². The molecule has 148 valence electrons. The van der Waals surface area contributed by atoms with E-state index in [-0.39, 0.29) is 0 Å². The van der Waals surface area contributed by atoms with Crippen LogP contribution < -0.4 is 0 Å². The predicted molar refractivity (Wildman–Crippen MR) is 137 cm³/mol. The van der Waals surface area contributed by atoms with Gasteiger partial charge >= 0.3 is 0 Å². The first kappa shape index (κ1) is 17.5. The minimum Gasteiger partial charge on any atom is -0.0622 e. The molecule has 0 unspecified atom stereocenters. The molecule has 1 aliphatic carbocycles. The summed E-state index contributed by atoms with van der Waals surface area (Å²) in [6.07, 6.45) is 0. The highest BCUT2D eigenvalue weighted by molar-refractivity contribution is 6.24. The van der Waals surface area contributed by atoms with Gasteiger partial charge in [-0.1, -0.05) is 121 Å². The van der Waals surface area contributed by atoms with Gasteiger partial charge < -0.3 is 0 Å². The molecule has 0 aliphatic heterocycles. The highest BCUT2D eigenvalue weighted by atomic mass is 14.3. The lowest BCUT2D eigenvalue weighted by molar-refractivity contribution is 1.59. The lowest BCUT2D eigenvalue weighted by Gasteiger charge is -2.16. The van der Waals surface area contributed by atoms with Crippen molar-refractivity contribution in [3.05, 3.63) is 121 Å². The third kappa shape index (κ3) is 2.38. The molecule has 6 aromatic rings. The number of benzene rings is 6. The van der Waals surface area contributed by atoms with Gasteiger partial charge in [-0.15, -0.1) is 0 Å². The average molecular weight is 405 g/mol. The second-order valence-corrected chi connectivity index (χ2v) is 8.51. The molecule has 0 fully saturated rings. The van der Waals surface area contributed by atoms with E-state index in [0.717, 1.165) is 0 Å². The average Bonchev–Trinajstić information content (AvgIpc) is 3.22. The van der Waals surface area contributed by atoms with Crippen molar-refractivity contribution in [1.82, 2.24) is 0 Å². The zero-order chi connectivity index (χ0) is 21.1. The Kier molecular flexibility index (Phi) is 3.65. The van der Waals surface area contributed by atoms with E-state index >= 15 is 0 Å². The molecule has 0 heteroatoms. The molecule has 0 amide bonds. The number of rotatable bonds is 2. The largest absolute Gasteiger partial charge is 0.0622 e. The van der Waals surface area contributed by atoms with Crippen molar-refractivity contribution < 1.29 is 0 Å². The van der Waals surface area contributed by atoms with Gasteiger partial charge in [0.05, 0.1) is 0 Å². The fourth-order valence-corrected chi connectivity index (χ4v) is 5.44. The van der Waals surface area contributed by atoms with E-state index in [1.54, 1.807) is 0 Å². The van der Waals surface area contributed by atoms with Gasteiger partial charge in [-0.3, -0.25) is 0 Å². The molecule has 32 heavy (non-hydrogen) atoms. The summed E-state index contributed by atoms with van der Waals surface area (Å²) in [5, 5.41) is 5.29. The molecule has 0 spiro atoms. The van der Waals surface area contributed by atoms with Crippen molar-refractivity contribution >= 4 is 21.5 Å². The van der Waals surface area contributed by atoms with Crippen molar-refractivity contribution in [3.8, 4) is 44.5 Å². The molecule has 0 saturated heterocycles. The minimum absolute atomic E-state index is 1.25. The van der Waals surface area contributed by atoms with Gasteiger partial charge in [0.1, 0.15) is 0 Å². The smallest absolute Gasteiger partial charge is 0.000786 e. The zero-order valence-corrected chi connectivity index (χ0v) is 17.5. The molecule has 0 bridgehead atoms. The first-order chi connectivity index (χ1) is 15.9. The molecule has 6 aromatic carbocycles. The molecule has 0 N–H and O–H groups in total. The van der Waals surface area contributed by atoms with Crippen LogP contribution in [0, 0.1) is 0 Å². The maximum Gasteiger partial charge on any atom is -0.000786 e. The number of hydrogen-bond donors (Lipinski definition) is 0. The van der Waals surface area contributed by atoms with Gasteiger partial charge in [-0.05, 0) is 66.1 Å². The monoisotopic (exact) mass is 404 g/mol. The Labute approximate surface area is 187 Å². The Morgan fingerprint density at radius 2 is 0.938 bits per heavy atom. The standard InChI is InChI=1S/C32H20/c1-2-9-21(10-3-1)24-13-6-7-15-26(24)28-20-18-23-12-8-16-27-29-19-17-22-11-4-5-14-25(22)31(29)32(28)30(23)27/h1-20H. The SMILES string of the molecule is c1ccc(-c2ccccc2-c2ccc3cccc4c3c2-c2c-4ccc3ccccc23)cc1. The maximum absolute atomic E-state index is 2.32. The van der Waals surface area contributed by atoms with Crippen LogP contribution in [0.4, 0.5) is 0 Å². The number of hydrogen-bond acceptors (Lipinski definition) is 0. The lowest BCUT2D eigenvalue weighted by Crippen LogP contribution is -1.89. The van der Waals surface area contributed by atoms with Crippen LogP contribution in [0.5, 0.6) is 0 Å². The molecule has 0 heterocycles. The van der Waals surface area contributed by atoms with E-state index in [1.807, 2.05) is 0 Å². The first-order valence-corrected chi connectivity index (χ1v) is 11.1. The second kappa shape index (κ2) is 6.67. The molecular formula is C32H20.